The van der Waals surface area contributed by atoms with Gasteiger partial charge in [0.15, 0.2) is 0 Å². The molecule has 26 heavy (non-hydrogen) atoms. The van der Waals surface area contributed by atoms with Crippen LogP contribution in [0.1, 0.15) is 18.3 Å². The van der Waals surface area contributed by atoms with Crippen LogP contribution in [-0.2, 0) is 22.6 Å². The van der Waals surface area contributed by atoms with E-state index < -0.39 is 0 Å². The normalized spacial score (nSPS) is 10.7. The number of amides is 2. The second-order valence-corrected chi connectivity index (χ2v) is 6.25. The maximum atomic E-state index is 12.5. The van der Waals surface area contributed by atoms with Crippen molar-refractivity contribution in [1.82, 2.24) is 14.9 Å². The standard InChI is InChI=1S/C20H22N4O2/c1-14-7-9-16(10-8-14)22-20(26)13-24-18-6-4-3-5-17(18)23-19(24)11-12-21-15(2)25/h3-10H,11-13H2,1-2H3,(H,21,25)(H,22,26). The molecule has 134 valence electrons. The number of aryl methyl sites for hydroxylation is 1. The Morgan fingerprint density at radius 3 is 2.54 bits per heavy atom. The zero-order valence-electron chi connectivity index (χ0n) is 15.0. The molecule has 0 fully saturated rings. The molecule has 0 saturated heterocycles. The molecule has 3 aromatic rings. The molecule has 2 aromatic carbocycles. The monoisotopic (exact) mass is 350 g/mol. The number of rotatable bonds is 6. The number of hydrogen-bond donors (Lipinski definition) is 2. The Bertz CT molecular complexity index is 929. The van der Waals surface area contributed by atoms with Crippen molar-refractivity contribution in [2.75, 3.05) is 11.9 Å². The molecule has 0 aliphatic heterocycles. The minimum absolute atomic E-state index is 0.0789. The smallest absolute Gasteiger partial charge is 0.244 e. The molecule has 0 spiro atoms. The third-order valence-corrected chi connectivity index (χ3v) is 4.09. The van der Waals surface area contributed by atoms with Crippen LogP contribution >= 0.6 is 0 Å². The van der Waals surface area contributed by atoms with E-state index in [0.717, 1.165) is 28.1 Å². The molecule has 1 aromatic heterocycles. The van der Waals surface area contributed by atoms with Crippen LogP contribution in [0.25, 0.3) is 11.0 Å². The molecule has 6 heteroatoms. The van der Waals surface area contributed by atoms with Gasteiger partial charge in [-0.1, -0.05) is 29.8 Å². The third-order valence-electron chi connectivity index (χ3n) is 4.09. The zero-order chi connectivity index (χ0) is 18.5. The van der Waals surface area contributed by atoms with Gasteiger partial charge in [0.2, 0.25) is 11.8 Å². The van der Waals surface area contributed by atoms with Crippen LogP contribution in [-0.4, -0.2) is 27.9 Å². The number of benzene rings is 2. The highest BCUT2D eigenvalue weighted by atomic mass is 16.2. The van der Waals surface area contributed by atoms with Gasteiger partial charge in [-0.25, -0.2) is 4.98 Å². The Kier molecular flexibility index (Phi) is 5.31. The Balaban J connectivity index is 1.79. The topological polar surface area (TPSA) is 76.0 Å². The first-order chi connectivity index (χ1) is 12.5. The molecule has 0 saturated carbocycles. The van der Waals surface area contributed by atoms with Crippen molar-refractivity contribution >= 4 is 28.5 Å². The molecule has 6 nitrogen and oxygen atoms in total. The van der Waals surface area contributed by atoms with Crippen LogP contribution in [0.5, 0.6) is 0 Å². The largest absolute Gasteiger partial charge is 0.356 e. The van der Waals surface area contributed by atoms with Crippen LogP contribution < -0.4 is 10.6 Å². The fourth-order valence-corrected chi connectivity index (χ4v) is 2.82. The maximum absolute atomic E-state index is 12.5. The van der Waals surface area contributed by atoms with Gasteiger partial charge in [-0.2, -0.15) is 0 Å². The molecule has 3 rings (SSSR count). The summed E-state index contributed by atoms with van der Waals surface area (Å²) in [6, 6.07) is 15.4. The maximum Gasteiger partial charge on any atom is 0.244 e. The Labute approximate surface area is 152 Å². The highest BCUT2D eigenvalue weighted by molar-refractivity contribution is 5.91. The third kappa shape index (κ3) is 4.27. The van der Waals surface area contributed by atoms with Gasteiger partial charge < -0.3 is 15.2 Å². The van der Waals surface area contributed by atoms with Gasteiger partial charge in [0, 0.05) is 25.6 Å². The van der Waals surface area contributed by atoms with E-state index in [-0.39, 0.29) is 18.4 Å². The number of anilines is 1. The first-order valence-electron chi connectivity index (χ1n) is 8.58. The summed E-state index contributed by atoms with van der Waals surface area (Å²) in [5, 5.41) is 5.69. The summed E-state index contributed by atoms with van der Waals surface area (Å²) in [7, 11) is 0. The fourth-order valence-electron chi connectivity index (χ4n) is 2.82. The van der Waals surface area contributed by atoms with Crippen LogP contribution in [0.15, 0.2) is 48.5 Å². The fraction of sp³-hybridized carbons (Fsp3) is 0.250. The molecule has 0 atom stereocenters. The Hall–Kier alpha value is -3.15. The molecule has 0 aliphatic rings. The summed E-state index contributed by atoms with van der Waals surface area (Å²) >= 11 is 0. The van der Waals surface area contributed by atoms with Gasteiger partial charge in [0.1, 0.15) is 12.4 Å². The van der Waals surface area contributed by atoms with Crippen molar-refractivity contribution in [1.29, 1.82) is 0 Å². The Morgan fingerprint density at radius 2 is 1.81 bits per heavy atom. The quantitative estimate of drug-likeness (QED) is 0.718. The second-order valence-electron chi connectivity index (χ2n) is 6.25. The molecular formula is C20H22N4O2. The Morgan fingerprint density at radius 1 is 1.08 bits per heavy atom. The van der Waals surface area contributed by atoms with Crippen molar-refractivity contribution in [2.45, 2.75) is 26.8 Å². The van der Waals surface area contributed by atoms with E-state index in [1.54, 1.807) is 0 Å². The summed E-state index contributed by atoms with van der Waals surface area (Å²) in [4.78, 5) is 28.2. The van der Waals surface area contributed by atoms with Gasteiger partial charge >= 0.3 is 0 Å². The summed E-state index contributed by atoms with van der Waals surface area (Å²) in [6.45, 7) is 4.14. The molecule has 0 radical (unpaired) electrons. The van der Waals surface area contributed by atoms with Gasteiger partial charge in [-0.3, -0.25) is 9.59 Å². The highest BCUT2D eigenvalue weighted by Gasteiger charge is 2.13. The second kappa shape index (κ2) is 7.82. The predicted octanol–water partition coefficient (Wildman–Crippen LogP) is 2.66. The predicted molar refractivity (Wildman–Crippen MR) is 102 cm³/mol. The number of carbonyl (C=O) groups is 2. The van der Waals surface area contributed by atoms with Crippen molar-refractivity contribution in [3.63, 3.8) is 0 Å². The zero-order valence-corrected chi connectivity index (χ0v) is 15.0. The number of hydrogen-bond acceptors (Lipinski definition) is 3. The number of para-hydroxylation sites is 2. The SMILES string of the molecule is CC(=O)NCCc1nc2ccccc2n1CC(=O)Nc1ccc(C)cc1. The van der Waals surface area contributed by atoms with Gasteiger partial charge in [-0.15, -0.1) is 0 Å². The van der Waals surface area contributed by atoms with Gasteiger partial charge in [0.05, 0.1) is 11.0 Å². The van der Waals surface area contributed by atoms with Crippen LogP contribution in [0.4, 0.5) is 5.69 Å². The lowest BCUT2D eigenvalue weighted by molar-refractivity contribution is -0.119. The summed E-state index contributed by atoms with van der Waals surface area (Å²) in [6.07, 6.45) is 0.562. The number of aromatic nitrogens is 2. The molecule has 0 aliphatic carbocycles. The first kappa shape index (κ1) is 17.7. The number of carbonyl (C=O) groups excluding carboxylic acids is 2. The van der Waals surface area contributed by atoms with Crippen molar-refractivity contribution in [3.8, 4) is 0 Å². The minimum Gasteiger partial charge on any atom is -0.356 e. The van der Waals surface area contributed by atoms with Crippen LogP contribution in [0.3, 0.4) is 0 Å². The summed E-state index contributed by atoms with van der Waals surface area (Å²) in [5.41, 5.74) is 3.66. The highest BCUT2D eigenvalue weighted by Crippen LogP contribution is 2.17. The van der Waals surface area contributed by atoms with E-state index in [0.29, 0.717) is 13.0 Å². The number of imidazole rings is 1. The average Bonchev–Trinajstić information content (AvgIpc) is 2.94. The lowest BCUT2D eigenvalue weighted by atomic mass is 10.2. The van der Waals surface area contributed by atoms with E-state index in [1.807, 2.05) is 60.0 Å². The van der Waals surface area contributed by atoms with E-state index >= 15 is 0 Å². The molecular weight excluding hydrogens is 328 g/mol. The molecule has 2 N–H and O–H groups in total. The molecule has 0 bridgehead atoms. The van der Waals surface area contributed by atoms with E-state index in [2.05, 4.69) is 15.6 Å². The average molecular weight is 350 g/mol. The lowest BCUT2D eigenvalue weighted by Gasteiger charge is -2.10. The van der Waals surface area contributed by atoms with E-state index in [9.17, 15) is 9.59 Å². The minimum atomic E-state index is -0.113. The summed E-state index contributed by atoms with van der Waals surface area (Å²) in [5.74, 6) is 0.585. The lowest BCUT2D eigenvalue weighted by Crippen LogP contribution is -2.25. The number of nitrogens with zero attached hydrogens (tertiary/aromatic N) is 2. The van der Waals surface area contributed by atoms with Crippen molar-refractivity contribution in [2.24, 2.45) is 0 Å². The number of fused-ring (bicyclic) bond motifs is 1. The number of nitrogens with one attached hydrogen (secondary N) is 2. The van der Waals surface area contributed by atoms with Gasteiger partial charge in [0.25, 0.3) is 0 Å². The van der Waals surface area contributed by atoms with Crippen LogP contribution in [0, 0.1) is 6.92 Å². The van der Waals surface area contributed by atoms with Crippen LogP contribution in [0.2, 0.25) is 0 Å². The summed E-state index contributed by atoms with van der Waals surface area (Å²) < 4.78 is 1.90. The van der Waals surface area contributed by atoms with Crippen molar-refractivity contribution < 1.29 is 9.59 Å². The molecule has 0 unspecified atom stereocenters. The van der Waals surface area contributed by atoms with Crippen molar-refractivity contribution in [3.05, 3.63) is 59.9 Å². The molecule has 1 heterocycles. The van der Waals surface area contributed by atoms with E-state index in [1.165, 1.54) is 6.92 Å². The van der Waals surface area contributed by atoms with E-state index in [4.69, 9.17) is 0 Å². The molecule has 2 amide bonds. The van der Waals surface area contributed by atoms with Gasteiger partial charge in [-0.05, 0) is 31.2 Å². The first-order valence-corrected chi connectivity index (χ1v) is 8.58.